The Balaban J connectivity index is 1.85. The van der Waals surface area contributed by atoms with Crippen LogP contribution in [-0.4, -0.2) is 22.3 Å². The Morgan fingerprint density at radius 1 is 0.909 bits per heavy atom. The zero-order valence-electron chi connectivity index (χ0n) is 13.2. The van der Waals surface area contributed by atoms with Crippen LogP contribution < -0.4 is 9.47 Å². The largest absolute Gasteiger partial charge is 0.491 e. The van der Waals surface area contributed by atoms with Crippen molar-refractivity contribution in [1.82, 2.24) is 4.98 Å². The summed E-state index contributed by atoms with van der Waals surface area (Å²) < 4.78 is 11.4. The van der Waals surface area contributed by atoms with Gasteiger partial charge in [-0.15, -0.1) is 0 Å². The topological polar surface area (TPSA) is 51.6 Å². The third-order valence-electron chi connectivity index (χ3n) is 3.80. The normalized spacial score (nSPS) is 11.2. The van der Waals surface area contributed by atoms with Gasteiger partial charge in [0.05, 0.1) is 5.60 Å². The lowest BCUT2D eigenvalue weighted by Gasteiger charge is -2.25. The molecule has 0 saturated heterocycles. The minimum Gasteiger partial charge on any atom is -0.491 e. The summed E-state index contributed by atoms with van der Waals surface area (Å²) in [5.74, 6) is 1.52. The molecule has 0 aliphatic heterocycles. The van der Waals surface area contributed by atoms with Gasteiger partial charge in [0.25, 0.3) is 0 Å². The zero-order valence-corrected chi connectivity index (χ0v) is 13.2. The summed E-state index contributed by atoms with van der Waals surface area (Å²) in [4.78, 5) is 3.97. The Hall–Kier alpha value is -2.07. The van der Waals surface area contributed by atoms with E-state index >= 15 is 0 Å². The van der Waals surface area contributed by atoms with Crippen molar-refractivity contribution >= 4 is 0 Å². The molecule has 0 radical (unpaired) electrons. The molecule has 0 bridgehead atoms. The molecule has 1 aromatic heterocycles. The van der Waals surface area contributed by atoms with Crippen LogP contribution in [0.1, 0.15) is 32.3 Å². The Labute approximate surface area is 131 Å². The fraction of sp³-hybridized carbons (Fsp3) is 0.389. The van der Waals surface area contributed by atoms with E-state index in [4.69, 9.17) is 9.47 Å². The van der Waals surface area contributed by atoms with Crippen molar-refractivity contribution in [3.05, 3.63) is 54.4 Å². The lowest BCUT2D eigenvalue weighted by Crippen LogP contribution is -2.34. The average Bonchev–Trinajstić information content (AvgIpc) is 2.59. The number of ether oxygens (including phenoxy) is 2. The molecule has 0 spiro atoms. The van der Waals surface area contributed by atoms with Crippen molar-refractivity contribution in [3.63, 3.8) is 0 Å². The Morgan fingerprint density at radius 2 is 1.45 bits per heavy atom. The molecule has 4 nitrogen and oxygen atoms in total. The molecule has 0 atom stereocenters. The second-order valence-electron chi connectivity index (χ2n) is 5.34. The maximum absolute atomic E-state index is 10.2. The van der Waals surface area contributed by atoms with E-state index in [0.29, 0.717) is 26.1 Å². The highest BCUT2D eigenvalue weighted by Gasteiger charge is 2.22. The number of hydrogen-bond acceptors (Lipinski definition) is 4. The molecule has 1 heterocycles. The van der Waals surface area contributed by atoms with Gasteiger partial charge < -0.3 is 14.6 Å². The van der Waals surface area contributed by atoms with Crippen molar-refractivity contribution in [1.29, 1.82) is 0 Å². The van der Waals surface area contributed by atoms with Crippen LogP contribution in [0.25, 0.3) is 0 Å². The summed E-state index contributed by atoms with van der Waals surface area (Å²) in [7, 11) is 0. The van der Waals surface area contributed by atoms with Gasteiger partial charge in [-0.25, -0.2) is 0 Å². The van der Waals surface area contributed by atoms with Crippen LogP contribution in [0, 0.1) is 0 Å². The van der Waals surface area contributed by atoms with E-state index in [1.165, 1.54) is 0 Å². The van der Waals surface area contributed by atoms with Crippen LogP contribution in [0.2, 0.25) is 0 Å². The number of aromatic nitrogens is 1. The van der Waals surface area contributed by atoms with Crippen LogP contribution >= 0.6 is 0 Å². The SMILES string of the molecule is CCC(O)(CC)COc1ccc(OCc2ccncc2)cc1. The first kappa shape index (κ1) is 16.3. The maximum Gasteiger partial charge on any atom is 0.120 e. The number of nitrogens with zero attached hydrogens (tertiary/aromatic N) is 1. The van der Waals surface area contributed by atoms with Gasteiger partial charge in [0.1, 0.15) is 24.7 Å². The summed E-state index contributed by atoms with van der Waals surface area (Å²) in [6.07, 6.45) is 4.85. The minimum absolute atomic E-state index is 0.303. The maximum atomic E-state index is 10.2. The van der Waals surface area contributed by atoms with E-state index in [-0.39, 0.29) is 0 Å². The molecule has 2 rings (SSSR count). The van der Waals surface area contributed by atoms with E-state index < -0.39 is 5.60 Å². The monoisotopic (exact) mass is 301 g/mol. The number of hydrogen-bond donors (Lipinski definition) is 1. The number of pyridine rings is 1. The predicted molar refractivity (Wildman–Crippen MR) is 86.0 cm³/mol. The molecule has 118 valence electrons. The van der Waals surface area contributed by atoms with E-state index in [9.17, 15) is 5.11 Å². The summed E-state index contributed by atoms with van der Waals surface area (Å²) in [6, 6.07) is 11.3. The fourth-order valence-electron chi connectivity index (χ4n) is 1.95. The average molecular weight is 301 g/mol. The lowest BCUT2D eigenvalue weighted by atomic mass is 9.99. The third-order valence-corrected chi connectivity index (χ3v) is 3.80. The number of aliphatic hydroxyl groups is 1. The Bertz CT molecular complexity index is 550. The summed E-state index contributed by atoms with van der Waals surface area (Å²) in [6.45, 7) is 4.73. The van der Waals surface area contributed by atoms with Gasteiger partial charge in [-0.3, -0.25) is 4.98 Å². The molecule has 0 fully saturated rings. The van der Waals surface area contributed by atoms with E-state index in [1.54, 1.807) is 12.4 Å². The van der Waals surface area contributed by atoms with Gasteiger partial charge in [-0.2, -0.15) is 0 Å². The lowest BCUT2D eigenvalue weighted by molar-refractivity contribution is -0.0113. The van der Waals surface area contributed by atoms with Crippen LogP contribution in [0.15, 0.2) is 48.8 Å². The summed E-state index contributed by atoms with van der Waals surface area (Å²) >= 11 is 0. The molecule has 0 saturated carbocycles. The molecule has 0 aliphatic rings. The fourth-order valence-corrected chi connectivity index (χ4v) is 1.95. The van der Waals surface area contributed by atoms with Crippen molar-refractivity contribution in [2.75, 3.05) is 6.61 Å². The molecular weight excluding hydrogens is 278 g/mol. The van der Waals surface area contributed by atoms with Crippen molar-refractivity contribution in [2.45, 2.75) is 38.9 Å². The second-order valence-corrected chi connectivity index (χ2v) is 5.34. The van der Waals surface area contributed by atoms with Gasteiger partial charge in [-0.1, -0.05) is 13.8 Å². The molecule has 1 aromatic carbocycles. The van der Waals surface area contributed by atoms with Crippen LogP contribution in [0.4, 0.5) is 0 Å². The molecule has 2 aromatic rings. The van der Waals surface area contributed by atoms with Gasteiger partial charge in [0, 0.05) is 12.4 Å². The molecule has 4 heteroatoms. The molecule has 1 N–H and O–H groups in total. The first-order valence-electron chi connectivity index (χ1n) is 7.62. The highest BCUT2D eigenvalue weighted by Crippen LogP contribution is 2.21. The molecule has 22 heavy (non-hydrogen) atoms. The van der Waals surface area contributed by atoms with Gasteiger partial charge >= 0.3 is 0 Å². The van der Waals surface area contributed by atoms with E-state index in [0.717, 1.165) is 17.1 Å². The predicted octanol–water partition coefficient (Wildman–Crippen LogP) is 3.59. The van der Waals surface area contributed by atoms with E-state index in [2.05, 4.69) is 4.98 Å². The molecule has 0 aliphatic carbocycles. The Morgan fingerprint density at radius 3 is 2.00 bits per heavy atom. The van der Waals surface area contributed by atoms with Crippen LogP contribution in [0.3, 0.4) is 0 Å². The van der Waals surface area contributed by atoms with Gasteiger partial charge in [-0.05, 0) is 54.8 Å². The van der Waals surface area contributed by atoms with Crippen molar-refractivity contribution < 1.29 is 14.6 Å². The minimum atomic E-state index is -0.753. The highest BCUT2D eigenvalue weighted by molar-refractivity contribution is 5.31. The van der Waals surface area contributed by atoms with Gasteiger partial charge in [0.15, 0.2) is 0 Å². The molecular formula is C18H23NO3. The van der Waals surface area contributed by atoms with Gasteiger partial charge in [0.2, 0.25) is 0 Å². The van der Waals surface area contributed by atoms with Crippen LogP contribution in [-0.2, 0) is 6.61 Å². The van der Waals surface area contributed by atoms with Crippen molar-refractivity contribution in [2.24, 2.45) is 0 Å². The van der Waals surface area contributed by atoms with Crippen LogP contribution in [0.5, 0.6) is 11.5 Å². The first-order chi connectivity index (χ1) is 10.6. The first-order valence-corrected chi connectivity index (χ1v) is 7.62. The zero-order chi connectivity index (χ0) is 15.8. The molecule has 0 amide bonds. The Kier molecular flexibility index (Phi) is 5.78. The molecule has 0 unspecified atom stereocenters. The number of rotatable bonds is 8. The number of benzene rings is 1. The van der Waals surface area contributed by atoms with E-state index in [1.807, 2.05) is 50.2 Å². The summed E-state index contributed by atoms with van der Waals surface area (Å²) in [5.41, 5.74) is 0.322. The second kappa shape index (κ2) is 7.80. The highest BCUT2D eigenvalue weighted by atomic mass is 16.5. The van der Waals surface area contributed by atoms with Crippen molar-refractivity contribution in [3.8, 4) is 11.5 Å². The smallest absolute Gasteiger partial charge is 0.120 e. The third kappa shape index (κ3) is 4.74. The summed E-state index contributed by atoms with van der Waals surface area (Å²) in [5, 5.41) is 10.2. The quantitative estimate of drug-likeness (QED) is 0.809. The standard InChI is InChI=1S/C18H23NO3/c1-3-18(20,4-2)14-22-17-7-5-16(6-8-17)21-13-15-9-11-19-12-10-15/h5-12,20H,3-4,13-14H2,1-2H3.